The van der Waals surface area contributed by atoms with E-state index < -0.39 is 10.0 Å². The normalized spacial score (nSPS) is 11.3. The molecule has 5 heteroatoms. The maximum atomic E-state index is 12.3. The first-order chi connectivity index (χ1) is 8.90. The van der Waals surface area contributed by atoms with Gasteiger partial charge in [0.05, 0.1) is 10.6 Å². The molecule has 0 fully saturated rings. The molecule has 0 aliphatic carbocycles. The zero-order valence-corrected chi connectivity index (χ0v) is 12.0. The highest BCUT2D eigenvalue weighted by atomic mass is 32.2. The molecule has 0 amide bonds. The van der Waals surface area contributed by atoms with Crippen molar-refractivity contribution in [2.45, 2.75) is 25.7 Å². The lowest BCUT2D eigenvalue weighted by Gasteiger charge is -2.11. The molecule has 2 rings (SSSR count). The molecule has 2 aromatic rings. The second-order valence-electron chi connectivity index (χ2n) is 4.54. The first-order valence-electron chi connectivity index (χ1n) is 5.91. The van der Waals surface area contributed by atoms with Gasteiger partial charge in [0.25, 0.3) is 10.0 Å². The van der Waals surface area contributed by atoms with Crippen molar-refractivity contribution in [3.63, 3.8) is 0 Å². The summed E-state index contributed by atoms with van der Waals surface area (Å²) in [4.78, 5) is 4.21. The summed E-state index contributed by atoms with van der Waals surface area (Å²) in [5.74, 6) is 0. The van der Waals surface area contributed by atoms with Gasteiger partial charge in [-0.2, -0.15) is 0 Å². The number of hydrogen-bond donors (Lipinski definition) is 1. The Labute approximate surface area is 113 Å². The van der Waals surface area contributed by atoms with Crippen LogP contribution in [0.15, 0.2) is 41.6 Å². The average molecular weight is 276 g/mol. The number of anilines is 1. The number of benzene rings is 1. The van der Waals surface area contributed by atoms with Crippen LogP contribution < -0.4 is 4.72 Å². The van der Waals surface area contributed by atoms with E-state index in [1.807, 2.05) is 26.8 Å². The molecule has 1 aromatic carbocycles. The molecule has 19 heavy (non-hydrogen) atoms. The van der Waals surface area contributed by atoms with Crippen molar-refractivity contribution in [1.82, 2.24) is 4.98 Å². The van der Waals surface area contributed by atoms with E-state index in [2.05, 4.69) is 9.71 Å². The van der Waals surface area contributed by atoms with Gasteiger partial charge in [0.1, 0.15) is 0 Å². The van der Waals surface area contributed by atoms with Gasteiger partial charge in [-0.15, -0.1) is 0 Å². The van der Waals surface area contributed by atoms with E-state index in [0.29, 0.717) is 5.69 Å². The molecule has 100 valence electrons. The molecular weight excluding hydrogens is 260 g/mol. The van der Waals surface area contributed by atoms with Crippen LogP contribution in [0.5, 0.6) is 0 Å². The molecule has 0 aliphatic heterocycles. The van der Waals surface area contributed by atoms with Crippen LogP contribution in [0.25, 0.3) is 0 Å². The van der Waals surface area contributed by atoms with Crippen LogP contribution in [0.1, 0.15) is 16.7 Å². The third kappa shape index (κ3) is 2.93. The molecule has 0 atom stereocenters. The number of hydrogen-bond acceptors (Lipinski definition) is 3. The van der Waals surface area contributed by atoms with Crippen LogP contribution >= 0.6 is 0 Å². The summed E-state index contributed by atoms with van der Waals surface area (Å²) in [7, 11) is -3.55. The SMILES string of the molecule is Cc1ccc(S(=O)(=O)Nc2ccncc2C)cc1C. The zero-order valence-electron chi connectivity index (χ0n) is 11.1. The molecule has 0 saturated heterocycles. The molecule has 0 saturated carbocycles. The third-order valence-electron chi connectivity index (χ3n) is 3.05. The zero-order chi connectivity index (χ0) is 14.0. The maximum Gasteiger partial charge on any atom is 0.261 e. The van der Waals surface area contributed by atoms with Crippen molar-refractivity contribution < 1.29 is 8.42 Å². The Kier molecular flexibility index (Phi) is 3.57. The summed E-state index contributed by atoms with van der Waals surface area (Å²) in [6.45, 7) is 5.66. The van der Waals surface area contributed by atoms with Crippen LogP contribution in [0.4, 0.5) is 5.69 Å². The number of aryl methyl sites for hydroxylation is 3. The average Bonchev–Trinajstić information content (AvgIpc) is 2.35. The maximum absolute atomic E-state index is 12.3. The molecule has 1 aromatic heterocycles. The second kappa shape index (κ2) is 5.01. The van der Waals surface area contributed by atoms with E-state index in [1.165, 1.54) is 0 Å². The molecular formula is C14H16N2O2S. The Bertz CT molecular complexity index is 709. The fourth-order valence-electron chi connectivity index (χ4n) is 1.67. The van der Waals surface area contributed by atoms with Gasteiger partial charge in [-0.05, 0) is 55.7 Å². The molecule has 0 radical (unpaired) electrons. The predicted molar refractivity (Wildman–Crippen MR) is 75.7 cm³/mol. The van der Waals surface area contributed by atoms with E-state index in [1.54, 1.807) is 30.6 Å². The molecule has 1 heterocycles. The van der Waals surface area contributed by atoms with Crippen molar-refractivity contribution in [2.75, 3.05) is 4.72 Å². The fraction of sp³-hybridized carbons (Fsp3) is 0.214. The lowest BCUT2D eigenvalue weighted by molar-refractivity contribution is 0.601. The van der Waals surface area contributed by atoms with Crippen molar-refractivity contribution in [3.8, 4) is 0 Å². The summed E-state index contributed by atoms with van der Waals surface area (Å²) in [5, 5.41) is 0. The van der Waals surface area contributed by atoms with Crippen molar-refractivity contribution in [1.29, 1.82) is 0 Å². The van der Waals surface area contributed by atoms with Gasteiger partial charge in [0.2, 0.25) is 0 Å². The predicted octanol–water partition coefficient (Wildman–Crippen LogP) is 2.81. The van der Waals surface area contributed by atoms with Gasteiger partial charge in [-0.1, -0.05) is 6.07 Å². The van der Waals surface area contributed by atoms with E-state index in [-0.39, 0.29) is 4.90 Å². The summed E-state index contributed by atoms with van der Waals surface area (Å²) in [6.07, 6.45) is 3.18. The Morgan fingerprint density at radius 2 is 1.74 bits per heavy atom. The standard InChI is InChI=1S/C14H16N2O2S/c1-10-4-5-13(8-11(10)2)19(17,18)16-14-6-7-15-9-12(14)3/h4-9H,1-3H3,(H,15,16). The van der Waals surface area contributed by atoms with Crippen molar-refractivity contribution in [2.24, 2.45) is 0 Å². The van der Waals surface area contributed by atoms with Crippen LogP contribution in [0.2, 0.25) is 0 Å². The van der Waals surface area contributed by atoms with E-state index in [9.17, 15) is 8.42 Å². The van der Waals surface area contributed by atoms with E-state index in [4.69, 9.17) is 0 Å². The number of rotatable bonds is 3. The van der Waals surface area contributed by atoms with Crippen molar-refractivity contribution in [3.05, 3.63) is 53.3 Å². The monoisotopic (exact) mass is 276 g/mol. The molecule has 1 N–H and O–H groups in total. The van der Waals surface area contributed by atoms with Crippen LogP contribution in [0.3, 0.4) is 0 Å². The van der Waals surface area contributed by atoms with Gasteiger partial charge in [-0.3, -0.25) is 9.71 Å². The number of pyridine rings is 1. The van der Waals surface area contributed by atoms with Gasteiger partial charge >= 0.3 is 0 Å². The van der Waals surface area contributed by atoms with Crippen LogP contribution in [0, 0.1) is 20.8 Å². The fourth-order valence-corrected chi connectivity index (χ4v) is 2.89. The summed E-state index contributed by atoms with van der Waals surface area (Å²) >= 11 is 0. The van der Waals surface area contributed by atoms with Gasteiger partial charge in [-0.25, -0.2) is 8.42 Å². The number of aromatic nitrogens is 1. The lowest BCUT2D eigenvalue weighted by Crippen LogP contribution is -2.14. The molecule has 0 aliphatic rings. The Hall–Kier alpha value is -1.88. The highest BCUT2D eigenvalue weighted by Crippen LogP contribution is 2.20. The lowest BCUT2D eigenvalue weighted by atomic mass is 10.1. The Morgan fingerprint density at radius 1 is 1.00 bits per heavy atom. The third-order valence-corrected chi connectivity index (χ3v) is 4.42. The van der Waals surface area contributed by atoms with Crippen LogP contribution in [-0.4, -0.2) is 13.4 Å². The summed E-state index contributed by atoms with van der Waals surface area (Å²) in [5.41, 5.74) is 3.36. The Balaban J connectivity index is 2.38. The molecule has 0 bridgehead atoms. The molecule has 0 spiro atoms. The van der Waals surface area contributed by atoms with Gasteiger partial charge in [0, 0.05) is 12.4 Å². The number of nitrogens with one attached hydrogen (secondary N) is 1. The number of nitrogens with zero attached hydrogens (tertiary/aromatic N) is 1. The summed E-state index contributed by atoms with van der Waals surface area (Å²) in [6, 6.07) is 6.74. The van der Waals surface area contributed by atoms with Crippen LogP contribution in [-0.2, 0) is 10.0 Å². The highest BCUT2D eigenvalue weighted by molar-refractivity contribution is 7.92. The van der Waals surface area contributed by atoms with E-state index >= 15 is 0 Å². The Morgan fingerprint density at radius 3 is 2.37 bits per heavy atom. The highest BCUT2D eigenvalue weighted by Gasteiger charge is 2.15. The van der Waals surface area contributed by atoms with E-state index in [0.717, 1.165) is 16.7 Å². The smallest absolute Gasteiger partial charge is 0.261 e. The molecule has 0 unspecified atom stereocenters. The number of sulfonamides is 1. The van der Waals surface area contributed by atoms with Gasteiger partial charge < -0.3 is 0 Å². The van der Waals surface area contributed by atoms with Gasteiger partial charge in [0.15, 0.2) is 0 Å². The summed E-state index contributed by atoms with van der Waals surface area (Å²) < 4.78 is 27.2. The largest absolute Gasteiger partial charge is 0.279 e. The van der Waals surface area contributed by atoms with Crippen molar-refractivity contribution >= 4 is 15.7 Å². The first-order valence-corrected chi connectivity index (χ1v) is 7.39. The molecule has 4 nitrogen and oxygen atoms in total. The first kappa shape index (κ1) is 13.5. The minimum Gasteiger partial charge on any atom is -0.279 e. The second-order valence-corrected chi connectivity index (χ2v) is 6.22. The topological polar surface area (TPSA) is 59.1 Å². The quantitative estimate of drug-likeness (QED) is 0.937. The minimum absolute atomic E-state index is 0.270. The minimum atomic E-state index is -3.55.